The van der Waals surface area contributed by atoms with Gasteiger partial charge in [-0.05, 0) is 36.1 Å². The molecule has 1 rings (SSSR count). The predicted molar refractivity (Wildman–Crippen MR) is 64.8 cm³/mol. The standard InChI is InChI=1S/C11H13Cl3/c1-3-10(13)7(2)9-6-8(12)4-5-11(9)14/h4-7,10H,3H2,1-2H3. The molecule has 0 fully saturated rings. The lowest BCUT2D eigenvalue weighted by atomic mass is 9.96. The van der Waals surface area contributed by atoms with Crippen molar-refractivity contribution in [2.45, 2.75) is 31.6 Å². The second kappa shape index (κ2) is 5.25. The van der Waals surface area contributed by atoms with Crippen LogP contribution in [0.1, 0.15) is 31.7 Å². The highest BCUT2D eigenvalue weighted by atomic mass is 35.5. The van der Waals surface area contributed by atoms with Crippen molar-refractivity contribution in [1.82, 2.24) is 0 Å². The molecule has 0 radical (unpaired) electrons. The minimum absolute atomic E-state index is 0.103. The van der Waals surface area contributed by atoms with E-state index in [-0.39, 0.29) is 11.3 Å². The van der Waals surface area contributed by atoms with E-state index >= 15 is 0 Å². The lowest BCUT2D eigenvalue weighted by molar-refractivity contribution is 0.675. The third-order valence-corrected chi connectivity index (χ3v) is 3.65. The van der Waals surface area contributed by atoms with E-state index in [1.807, 2.05) is 12.1 Å². The van der Waals surface area contributed by atoms with Gasteiger partial charge in [-0.25, -0.2) is 0 Å². The van der Waals surface area contributed by atoms with Crippen molar-refractivity contribution in [3.63, 3.8) is 0 Å². The first-order valence-corrected chi connectivity index (χ1v) is 5.84. The lowest BCUT2D eigenvalue weighted by Crippen LogP contribution is -2.08. The van der Waals surface area contributed by atoms with Gasteiger partial charge in [-0.1, -0.05) is 37.0 Å². The Morgan fingerprint density at radius 2 is 1.93 bits per heavy atom. The molecule has 3 heteroatoms. The van der Waals surface area contributed by atoms with E-state index in [0.717, 1.165) is 17.0 Å². The molecule has 0 heterocycles. The maximum Gasteiger partial charge on any atom is 0.0442 e. The summed E-state index contributed by atoms with van der Waals surface area (Å²) in [7, 11) is 0. The Balaban J connectivity index is 2.99. The average molecular weight is 252 g/mol. The first kappa shape index (κ1) is 12.2. The van der Waals surface area contributed by atoms with Crippen LogP contribution in [0.15, 0.2) is 18.2 Å². The fourth-order valence-electron chi connectivity index (χ4n) is 1.41. The fraction of sp³-hybridized carbons (Fsp3) is 0.455. The number of rotatable bonds is 3. The number of benzene rings is 1. The smallest absolute Gasteiger partial charge is 0.0442 e. The highest BCUT2D eigenvalue weighted by molar-refractivity contribution is 6.33. The normalized spacial score (nSPS) is 15.2. The maximum absolute atomic E-state index is 6.17. The number of hydrogen-bond donors (Lipinski definition) is 0. The average Bonchev–Trinajstić information content (AvgIpc) is 2.19. The highest BCUT2D eigenvalue weighted by Crippen LogP contribution is 2.32. The Kier molecular flexibility index (Phi) is 4.56. The maximum atomic E-state index is 6.17. The zero-order valence-corrected chi connectivity index (χ0v) is 10.5. The van der Waals surface area contributed by atoms with Gasteiger partial charge in [-0.3, -0.25) is 0 Å². The Morgan fingerprint density at radius 1 is 1.29 bits per heavy atom. The molecule has 2 atom stereocenters. The van der Waals surface area contributed by atoms with E-state index in [2.05, 4.69) is 13.8 Å². The molecule has 1 aromatic carbocycles. The summed E-state index contributed by atoms with van der Waals surface area (Å²) in [4.78, 5) is 0. The summed E-state index contributed by atoms with van der Waals surface area (Å²) in [5.74, 6) is 0.230. The predicted octanol–water partition coefficient (Wildman–Crippen LogP) is 5.11. The molecule has 0 nitrogen and oxygen atoms in total. The molecule has 2 unspecified atom stereocenters. The van der Waals surface area contributed by atoms with Crippen molar-refractivity contribution >= 4 is 34.8 Å². The van der Waals surface area contributed by atoms with Crippen molar-refractivity contribution in [3.8, 4) is 0 Å². The monoisotopic (exact) mass is 250 g/mol. The fourth-order valence-corrected chi connectivity index (χ4v) is 2.02. The molecule has 0 spiro atoms. The summed E-state index contributed by atoms with van der Waals surface area (Å²) in [6, 6.07) is 5.49. The summed E-state index contributed by atoms with van der Waals surface area (Å²) in [6.07, 6.45) is 0.922. The summed E-state index contributed by atoms with van der Waals surface area (Å²) in [5, 5.41) is 1.54. The van der Waals surface area contributed by atoms with Crippen LogP contribution < -0.4 is 0 Å². The van der Waals surface area contributed by atoms with Gasteiger partial charge in [0.1, 0.15) is 0 Å². The van der Waals surface area contributed by atoms with Crippen molar-refractivity contribution in [2.24, 2.45) is 0 Å². The van der Waals surface area contributed by atoms with Crippen LogP contribution in [-0.2, 0) is 0 Å². The number of halogens is 3. The molecule has 0 N–H and O–H groups in total. The summed E-state index contributed by atoms with van der Waals surface area (Å²) < 4.78 is 0. The molecule has 0 bridgehead atoms. The third kappa shape index (κ3) is 2.79. The number of hydrogen-bond acceptors (Lipinski definition) is 0. The van der Waals surface area contributed by atoms with Crippen LogP contribution in [-0.4, -0.2) is 5.38 Å². The van der Waals surface area contributed by atoms with Gasteiger partial charge in [0.15, 0.2) is 0 Å². The van der Waals surface area contributed by atoms with Gasteiger partial charge in [0.05, 0.1) is 0 Å². The van der Waals surface area contributed by atoms with Crippen LogP contribution in [0.2, 0.25) is 10.0 Å². The van der Waals surface area contributed by atoms with Gasteiger partial charge in [0.2, 0.25) is 0 Å². The van der Waals surface area contributed by atoms with E-state index in [9.17, 15) is 0 Å². The van der Waals surface area contributed by atoms with Crippen LogP contribution in [0.4, 0.5) is 0 Å². The molecule has 0 aliphatic rings. The zero-order valence-electron chi connectivity index (χ0n) is 8.23. The quantitative estimate of drug-likeness (QED) is 0.655. The summed E-state index contributed by atoms with van der Waals surface area (Å²) in [5.41, 5.74) is 1.03. The molecule has 0 aromatic heterocycles. The molecular weight excluding hydrogens is 238 g/mol. The molecule has 78 valence electrons. The van der Waals surface area contributed by atoms with E-state index < -0.39 is 0 Å². The molecule has 0 saturated heterocycles. The molecule has 0 aliphatic heterocycles. The minimum Gasteiger partial charge on any atom is -0.122 e. The Morgan fingerprint density at radius 3 is 2.50 bits per heavy atom. The molecule has 0 amide bonds. The van der Waals surface area contributed by atoms with E-state index in [1.165, 1.54) is 0 Å². The van der Waals surface area contributed by atoms with Gasteiger partial charge in [-0.2, -0.15) is 0 Å². The largest absolute Gasteiger partial charge is 0.122 e. The van der Waals surface area contributed by atoms with E-state index in [1.54, 1.807) is 6.07 Å². The van der Waals surface area contributed by atoms with Gasteiger partial charge in [-0.15, -0.1) is 11.6 Å². The molecular formula is C11H13Cl3. The Labute approximate surface area is 100 Å². The van der Waals surface area contributed by atoms with Crippen LogP contribution >= 0.6 is 34.8 Å². The molecule has 0 aliphatic carbocycles. The van der Waals surface area contributed by atoms with Gasteiger partial charge in [0.25, 0.3) is 0 Å². The van der Waals surface area contributed by atoms with Gasteiger partial charge in [0, 0.05) is 15.4 Å². The van der Waals surface area contributed by atoms with E-state index in [4.69, 9.17) is 34.8 Å². The van der Waals surface area contributed by atoms with Gasteiger partial charge < -0.3 is 0 Å². The van der Waals surface area contributed by atoms with Gasteiger partial charge >= 0.3 is 0 Å². The second-order valence-electron chi connectivity index (χ2n) is 3.38. The zero-order chi connectivity index (χ0) is 10.7. The van der Waals surface area contributed by atoms with Crippen LogP contribution in [0.3, 0.4) is 0 Å². The summed E-state index contributed by atoms with van der Waals surface area (Å²) in [6.45, 7) is 4.13. The van der Waals surface area contributed by atoms with Crippen LogP contribution in [0.25, 0.3) is 0 Å². The van der Waals surface area contributed by atoms with Crippen molar-refractivity contribution in [1.29, 1.82) is 0 Å². The first-order valence-electron chi connectivity index (χ1n) is 4.65. The summed E-state index contributed by atoms with van der Waals surface area (Å²) >= 11 is 18.2. The Bertz CT molecular complexity index is 309. The number of alkyl halides is 1. The first-order chi connectivity index (χ1) is 6.56. The molecule has 1 aromatic rings. The molecule has 0 saturated carbocycles. The van der Waals surface area contributed by atoms with Crippen LogP contribution in [0, 0.1) is 0 Å². The minimum atomic E-state index is 0.103. The van der Waals surface area contributed by atoms with E-state index in [0.29, 0.717) is 5.02 Å². The lowest BCUT2D eigenvalue weighted by Gasteiger charge is -2.18. The Hall–Kier alpha value is 0.0900. The second-order valence-corrected chi connectivity index (χ2v) is 4.78. The van der Waals surface area contributed by atoms with Crippen molar-refractivity contribution < 1.29 is 0 Å². The van der Waals surface area contributed by atoms with Crippen molar-refractivity contribution in [2.75, 3.05) is 0 Å². The van der Waals surface area contributed by atoms with Crippen LogP contribution in [0.5, 0.6) is 0 Å². The highest BCUT2D eigenvalue weighted by Gasteiger charge is 2.17. The molecule has 14 heavy (non-hydrogen) atoms. The van der Waals surface area contributed by atoms with Crippen molar-refractivity contribution in [3.05, 3.63) is 33.8 Å². The SMILES string of the molecule is CCC(Cl)C(C)c1cc(Cl)ccc1Cl. The topological polar surface area (TPSA) is 0 Å². The third-order valence-electron chi connectivity index (χ3n) is 2.38.